The fourth-order valence-corrected chi connectivity index (χ4v) is 3.78. The molecule has 0 atom stereocenters. The van der Waals surface area contributed by atoms with Gasteiger partial charge in [-0.3, -0.25) is 9.36 Å². The zero-order valence-corrected chi connectivity index (χ0v) is 15.0. The van der Waals surface area contributed by atoms with Crippen molar-refractivity contribution in [3.63, 3.8) is 0 Å². The highest BCUT2D eigenvalue weighted by molar-refractivity contribution is 5.93. The number of aromatic nitrogens is 1. The van der Waals surface area contributed by atoms with E-state index in [0.717, 1.165) is 11.4 Å². The lowest BCUT2D eigenvalue weighted by Gasteiger charge is -2.23. The summed E-state index contributed by atoms with van der Waals surface area (Å²) in [5.74, 6) is -0.651. The Morgan fingerprint density at radius 2 is 1.81 bits per heavy atom. The molecule has 0 saturated heterocycles. The van der Waals surface area contributed by atoms with Gasteiger partial charge in [-0.15, -0.1) is 0 Å². The van der Waals surface area contributed by atoms with Crippen molar-refractivity contribution in [2.45, 2.75) is 25.8 Å². The van der Waals surface area contributed by atoms with Gasteiger partial charge in [-0.1, -0.05) is 44.2 Å². The van der Waals surface area contributed by atoms with Crippen LogP contribution in [0.15, 0.2) is 69.5 Å². The number of likely N-dealkylation sites (N-methyl/N-ethyl adjacent to an activating group) is 1. The van der Waals surface area contributed by atoms with E-state index < -0.39 is 5.76 Å². The van der Waals surface area contributed by atoms with Crippen molar-refractivity contribution in [2.24, 2.45) is 0 Å². The van der Waals surface area contributed by atoms with Gasteiger partial charge in [-0.05, 0) is 23.8 Å². The second kappa shape index (κ2) is 5.73. The predicted octanol–water partition coefficient (Wildman–Crippen LogP) is 3.48. The summed E-state index contributed by atoms with van der Waals surface area (Å²) in [6.07, 6.45) is 1.65. The maximum absolute atomic E-state index is 12.7. The van der Waals surface area contributed by atoms with Crippen molar-refractivity contribution in [1.82, 2.24) is 4.57 Å². The number of benzene rings is 2. The van der Waals surface area contributed by atoms with Gasteiger partial charge in [0.05, 0.1) is 12.1 Å². The highest BCUT2D eigenvalue weighted by atomic mass is 16.4. The van der Waals surface area contributed by atoms with Gasteiger partial charge >= 0.3 is 5.76 Å². The molecule has 0 N–H and O–H groups in total. The maximum Gasteiger partial charge on any atom is 0.420 e. The molecule has 2 heterocycles. The Morgan fingerprint density at radius 1 is 1.12 bits per heavy atom. The lowest BCUT2D eigenvalue weighted by molar-refractivity contribution is -0.115. The number of hydrogen-bond acceptors (Lipinski definition) is 4. The van der Waals surface area contributed by atoms with Crippen LogP contribution >= 0.6 is 0 Å². The predicted molar refractivity (Wildman–Crippen MR) is 101 cm³/mol. The van der Waals surface area contributed by atoms with Crippen molar-refractivity contribution >= 4 is 22.6 Å². The molecule has 26 heavy (non-hydrogen) atoms. The number of fused-ring (bicyclic) bond motifs is 2. The maximum atomic E-state index is 12.7. The molecule has 4 rings (SSSR count). The molecule has 0 fully saturated rings. The van der Waals surface area contributed by atoms with Crippen LogP contribution in [0, 0.1) is 0 Å². The van der Waals surface area contributed by atoms with E-state index in [1.54, 1.807) is 24.3 Å². The largest absolute Gasteiger partial charge is 0.420 e. The Labute approximate surface area is 151 Å². The third kappa shape index (κ3) is 2.39. The number of allylic oxidation sites excluding steroid dienone is 2. The Hall–Kier alpha value is -3.08. The minimum absolute atomic E-state index is 0.0421. The minimum Gasteiger partial charge on any atom is -0.408 e. The molecule has 132 valence electrons. The van der Waals surface area contributed by atoms with Gasteiger partial charge in [-0.25, -0.2) is 4.79 Å². The first kappa shape index (κ1) is 16.4. The number of carbonyl (C=O) groups excluding carboxylic acids is 1. The summed E-state index contributed by atoms with van der Waals surface area (Å²) in [5, 5.41) is 0. The zero-order chi connectivity index (χ0) is 18.5. The second-order valence-electron chi connectivity index (χ2n) is 7.12. The number of ketones is 1. The summed E-state index contributed by atoms with van der Waals surface area (Å²) < 4.78 is 6.59. The lowest BCUT2D eigenvalue weighted by atomic mass is 9.83. The van der Waals surface area contributed by atoms with E-state index in [-0.39, 0.29) is 17.7 Å². The molecule has 0 aliphatic carbocycles. The molecule has 2 aromatic carbocycles. The number of oxazole rings is 1. The van der Waals surface area contributed by atoms with Crippen LogP contribution in [0.3, 0.4) is 0 Å². The first-order valence-electron chi connectivity index (χ1n) is 8.56. The average Bonchev–Trinajstić information content (AvgIpc) is 3.03. The third-order valence-corrected chi connectivity index (χ3v) is 5.13. The van der Waals surface area contributed by atoms with Crippen LogP contribution in [0.5, 0.6) is 0 Å². The van der Waals surface area contributed by atoms with Crippen molar-refractivity contribution in [3.8, 4) is 0 Å². The van der Waals surface area contributed by atoms with E-state index in [2.05, 4.69) is 26.0 Å². The first-order valence-corrected chi connectivity index (χ1v) is 8.56. The van der Waals surface area contributed by atoms with Crippen LogP contribution in [-0.2, 0) is 16.8 Å². The van der Waals surface area contributed by atoms with E-state index in [1.807, 2.05) is 30.1 Å². The first-order chi connectivity index (χ1) is 12.4. The summed E-state index contributed by atoms with van der Waals surface area (Å²) >= 11 is 0. The molecule has 0 spiro atoms. The monoisotopic (exact) mass is 348 g/mol. The Bertz CT molecular complexity index is 1100. The standard InChI is InChI=1S/C21H20N2O3/c1-21(2)15-8-4-5-9-16(15)22(3)19(21)12-14(24)13-23-17-10-6-7-11-18(17)26-20(23)25/h4-12H,13H2,1-3H3/b19-12-. The summed E-state index contributed by atoms with van der Waals surface area (Å²) in [4.78, 5) is 26.9. The zero-order valence-electron chi connectivity index (χ0n) is 15.0. The molecule has 1 aromatic heterocycles. The Balaban J connectivity index is 1.70. The fraction of sp³-hybridized carbons (Fsp3) is 0.238. The highest BCUT2D eigenvalue weighted by Crippen LogP contribution is 2.46. The van der Waals surface area contributed by atoms with Gasteiger partial charge in [0.25, 0.3) is 0 Å². The van der Waals surface area contributed by atoms with Crippen molar-refractivity contribution in [3.05, 3.63) is 76.4 Å². The smallest absolute Gasteiger partial charge is 0.408 e. The van der Waals surface area contributed by atoms with Crippen molar-refractivity contribution in [2.75, 3.05) is 11.9 Å². The molecule has 3 aromatic rings. The van der Waals surface area contributed by atoms with Crippen LogP contribution < -0.4 is 10.7 Å². The van der Waals surface area contributed by atoms with Crippen molar-refractivity contribution in [1.29, 1.82) is 0 Å². The average molecular weight is 348 g/mol. The van der Waals surface area contributed by atoms with Crippen LogP contribution in [-0.4, -0.2) is 17.4 Å². The number of nitrogens with zero attached hydrogens (tertiary/aromatic N) is 2. The molecular weight excluding hydrogens is 328 g/mol. The summed E-state index contributed by atoms with van der Waals surface area (Å²) in [7, 11) is 1.96. The van der Waals surface area contributed by atoms with Crippen molar-refractivity contribution < 1.29 is 9.21 Å². The van der Waals surface area contributed by atoms with Gasteiger partial charge in [0, 0.05) is 29.9 Å². The van der Waals surface area contributed by atoms with Gasteiger partial charge < -0.3 is 9.32 Å². The summed E-state index contributed by atoms with van der Waals surface area (Å²) in [6.45, 7) is 4.17. The van der Waals surface area contributed by atoms with E-state index in [9.17, 15) is 9.59 Å². The highest BCUT2D eigenvalue weighted by Gasteiger charge is 2.38. The topological polar surface area (TPSA) is 55.5 Å². The van der Waals surface area contributed by atoms with Crippen LogP contribution in [0.4, 0.5) is 5.69 Å². The van der Waals surface area contributed by atoms with Crippen LogP contribution in [0.25, 0.3) is 11.1 Å². The summed E-state index contributed by atoms with van der Waals surface area (Å²) in [5.41, 5.74) is 4.06. The quantitative estimate of drug-likeness (QED) is 0.680. The molecule has 1 aliphatic rings. The normalized spacial score (nSPS) is 17.0. The molecule has 0 unspecified atom stereocenters. The lowest BCUT2D eigenvalue weighted by Crippen LogP contribution is -2.26. The Kier molecular flexibility index (Phi) is 3.61. The van der Waals surface area contributed by atoms with E-state index in [1.165, 1.54) is 10.1 Å². The van der Waals surface area contributed by atoms with E-state index in [4.69, 9.17) is 4.42 Å². The molecule has 0 amide bonds. The molecule has 1 aliphatic heterocycles. The number of anilines is 1. The number of carbonyl (C=O) groups is 1. The molecule has 0 radical (unpaired) electrons. The number of rotatable bonds is 3. The van der Waals surface area contributed by atoms with E-state index in [0.29, 0.717) is 11.1 Å². The van der Waals surface area contributed by atoms with Gasteiger partial charge in [0.15, 0.2) is 11.4 Å². The minimum atomic E-state index is -0.514. The third-order valence-electron chi connectivity index (χ3n) is 5.13. The fourth-order valence-electron chi connectivity index (χ4n) is 3.78. The Morgan fingerprint density at radius 3 is 2.58 bits per heavy atom. The molecule has 0 bridgehead atoms. The molecule has 5 nitrogen and oxygen atoms in total. The van der Waals surface area contributed by atoms with Gasteiger partial charge in [-0.2, -0.15) is 0 Å². The summed E-state index contributed by atoms with van der Waals surface area (Å²) in [6, 6.07) is 15.3. The van der Waals surface area contributed by atoms with Gasteiger partial charge in [0.2, 0.25) is 0 Å². The SMILES string of the molecule is CN1/C(=C\C(=O)Cn2c(=O)oc3ccccc32)C(C)(C)c2ccccc21. The second-order valence-corrected chi connectivity index (χ2v) is 7.12. The van der Waals surface area contributed by atoms with E-state index >= 15 is 0 Å². The number of hydrogen-bond donors (Lipinski definition) is 0. The number of para-hydroxylation sites is 3. The molecular formula is C21H20N2O3. The molecule has 5 heteroatoms. The van der Waals surface area contributed by atoms with Crippen LogP contribution in [0.2, 0.25) is 0 Å². The van der Waals surface area contributed by atoms with Crippen LogP contribution in [0.1, 0.15) is 19.4 Å². The molecule has 0 saturated carbocycles. The van der Waals surface area contributed by atoms with Gasteiger partial charge in [0.1, 0.15) is 0 Å².